The summed E-state index contributed by atoms with van der Waals surface area (Å²) >= 11 is 0. The maximum absolute atomic E-state index is 17.2. The number of imide groups is 1. The van der Waals surface area contributed by atoms with Crippen molar-refractivity contribution in [2.24, 2.45) is 10.4 Å². The summed E-state index contributed by atoms with van der Waals surface area (Å²) in [7, 11) is 0. The first-order chi connectivity index (χ1) is 39.4. The average Bonchev–Trinajstić information content (AvgIpc) is 3.90. The quantitative estimate of drug-likeness (QED) is 0.0281. The second-order valence-corrected chi connectivity index (χ2v) is 23.8. The summed E-state index contributed by atoms with van der Waals surface area (Å²) in [4.78, 5) is 78.5. The Hall–Kier alpha value is -7.40. The van der Waals surface area contributed by atoms with Crippen molar-refractivity contribution in [2.45, 2.75) is 161 Å². The molecular formula is C63H74F2N10O7. The molecule has 432 valence electrons. The molecule has 0 radical (unpaired) electrons. The van der Waals surface area contributed by atoms with E-state index in [9.17, 15) is 29.4 Å². The number of hydrogen-bond acceptors (Lipinski definition) is 14. The Balaban J connectivity index is 0.684. The monoisotopic (exact) mass is 1120 g/mol. The highest BCUT2D eigenvalue weighted by atomic mass is 19.1. The Kier molecular flexibility index (Phi) is 17.6. The van der Waals surface area contributed by atoms with Gasteiger partial charge in [0.25, 0.3) is 5.91 Å². The number of anilines is 1. The fourth-order valence-electron chi connectivity index (χ4n) is 12.5. The maximum atomic E-state index is 17.2. The van der Waals surface area contributed by atoms with Crippen LogP contribution in [-0.2, 0) is 14.4 Å². The lowest BCUT2D eigenvalue weighted by Gasteiger charge is -2.35. The second kappa shape index (κ2) is 25.0. The molecule has 10 rings (SSSR count). The van der Waals surface area contributed by atoms with E-state index in [0.29, 0.717) is 42.5 Å². The third-order valence-electron chi connectivity index (χ3n) is 16.8. The molecule has 2 bridgehead atoms. The number of fused-ring (bicyclic) bond motifs is 4. The van der Waals surface area contributed by atoms with E-state index in [1.807, 2.05) is 46.0 Å². The number of rotatable bonds is 20. The number of aliphatic hydroxyl groups is 1. The Morgan fingerprint density at radius 3 is 2.34 bits per heavy atom. The van der Waals surface area contributed by atoms with Crippen molar-refractivity contribution < 1.29 is 42.9 Å². The molecule has 0 aliphatic carbocycles. The molecule has 4 amide bonds. The number of pyridine rings is 1. The van der Waals surface area contributed by atoms with Crippen LogP contribution in [0.25, 0.3) is 38.5 Å². The molecule has 5 aliphatic rings. The highest BCUT2D eigenvalue weighted by Crippen LogP contribution is 2.40. The van der Waals surface area contributed by atoms with E-state index >= 15 is 8.78 Å². The van der Waals surface area contributed by atoms with Crippen molar-refractivity contribution in [3.05, 3.63) is 88.7 Å². The van der Waals surface area contributed by atoms with Gasteiger partial charge < -0.3 is 35.4 Å². The van der Waals surface area contributed by atoms with Crippen LogP contribution in [0.3, 0.4) is 0 Å². The third-order valence-corrected chi connectivity index (χ3v) is 16.8. The zero-order valence-electron chi connectivity index (χ0n) is 47.3. The van der Waals surface area contributed by atoms with E-state index in [0.717, 1.165) is 101 Å². The lowest BCUT2D eigenvalue weighted by molar-refractivity contribution is -0.143. The molecule has 4 saturated heterocycles. The van der Waals surface area contributed by atoms with Crippen molar-refractivity contribution in [1.29, 1.82) is 0 Å². The Labute approximate surface area is 477 Å². The van der Waals surface area contributed by atoms with Gasteiger partial charge in [0.15, 0.2) is 12.0 Å². The number of β-amino-alcohol motifs (C(OH)–C–C–N with tert-alkyl or cyclic N) is 1. The smallest absolute Gasteiger partial charge is 0.320 e. The van der Waals surface area contributed by atoms with Gasteiger partial charge in [-0.1, -0.05) is 83.4 Å². The number of amides is 4. The average molecular weight is 1120 g/mol. The molecule has 5 aromatic rings. The first kappa shape index (κ1) is 57.8. The van der Waals surface area contributed by atoms with E-state index in [1.165, 1.54) is 29.2 Å². The summed E-state index contributed by atoms with van der Waals surface area (Å²) in [5, 5.41) is 31.5. The van der Waals surface area contributed by atoms with Gasteiger partial charge in [-0.2, -0.15) is 9.97 Å². The summed E-state index contributed by atoms with van der Waals surface area (Å²) in [6, 6.07) is 11.0. The van der Waals surface area contributed by atoms with Gasteiger partial charge in [-0.25, -0.2) is 8.78 Å². The molecule has 17 nitrogen and oxygen atoms in total. The number of benzene rings is 3. The first-order valence-electron chi connectivity index (χ1n) is 29.1. The number of carbonyl (C=O) groups is 4. The van der Waals surface area contributed by atoms with Gasteiger partial charge in [0, 0.05) is 98.7 Å². The number of carbonyl (C=O) groups excluding carboxylic acids is 4. The number of aliphatic hydroxyl groups excluding tert-OH is 1. The van der Waals surface area contributed by atoms with Crippen LogP contribution in [-0.4, -0.2) is 134 Å². The minimum atomic E-state index is -1.09. The van der Waals surface area contributed by atoms with Crippen LogP contribution in [0.4, 0.5) is 14.6 Å². The number of piperazine rings is 1. The molecule has 5 aliphatic heterocycles. The lowest BCUT2D eigenvalue weighted by atomic mass is 9.85. The van der Waals surface area contributed by atoms with E-state index in [2.05, 4.69) is 41.6 Å². The molecule has 7 heterocycles. The van der Waals surface area contributed by atoms with Crippen LogP contribution in [0.2, 0.25) is 0 Å². The molecule has 0 saturated carbocycles. The maximum Gasteiger partial charge on any atom is 0.320 e. The molecule has 0 spiro atoms. The largest absolute Gasteiger partial charge is 0.508 e. The highest BCUT2D eigenvalue weighted by molar-refractivity contribution is 6.07. The van der Waals surface area contributed by atoms with Crippen LogP contribution in [0.1, 0.15) is 145 Å². The van der Waals surface area contributed by atoms with E-state index in [1.54, 1.807) is 18.3 Å². The number of phenolic OH excluding ortho intramolecular Hbond substituents is 1. The number of nitrogens with one attached hydrogen (secondary N) is 3. The molecule has 19 heteroatoms. The summed E-state index contributed by atoms with van der Waals surface area (Å²) in [6.45, 7) is 10.4. The second-order valence-electron chi connectivity index (χ2n) is 23.8. The molecule has 4 fully saturated rings. The number of aromatic hydroxyl groups is 1. The number of hydrogen-bond donors (Lipinski definition) is 5. The van der Waals surface area contributed by atoms with E-state index in [-0.39, 0.29) is 88.7 Å². The Bertz CT molecular complexity index is 3350. The van der Waals surface area contributed by atoms with Crippen LogP contribution < -0.4 is 25.6 Å². The molecule has 2 aromatic heterocycles. The van der Waals surface area contributed by atoms with Crippen molar-refractivity contribution in [1.82, 2.24) is 40.7 Å². The number of ether oxygens (including phenoxy) is 1. The number of terminal acetylenes is 1. The summed E-state index contributed by atoms with van der Waals surface area (Å²) < 4.78 is 38.8. The van der Waals surface area contributed by atoms with Crippen LogP contribution in [0, 0.1) is 29.4 Å². The molecular weight excluding hydrogens is 1050 g/mol. The molecule has 4 unspecified atom stereocenters. The van der Waals surface area contributed by atoms with Crippen LogP contribution in [0.5, 0.6) is 11.8 Å². The summed E-state index contributed by atoms with van der Waals surface area (Å²) in [5.74, 6) is -0.654. The zero-order valence-corrected chi connectivity index (χ0v) is 47.3. The molecule has 3 aromatic carbocycles. The number of unbranched alkanes of at least 4 members (excludes halogenated alkanes) is 7. The van der Waals surface area contributed by atoms with Crippen molar-refractivity contribution in [3.8, 4) is 35.4 Å². The van der Waals surface area contributed by atoms with Crippen LogP contribution >= 0.6 is 0 Å². The highest BCUT2D eigenvalue weighted by Gasteiger charge is 2.45. The number of aliphatic imine (C=N–C) groups is 1. The zero-order chi connectivity index (χ0) is 57.8. The normalized spacial score (nSPS) is 21.2. The number of phenols is 1. The van der Waals surface area contributed by atoms with E-state index < -0.39 is 53.0 Å². The van der Waals surface area contributed by atoms with Gasteiger partial charge in [-0.05, 0) is 97.7 Å². The number of likely N-dealkylation sites (tertiary alicyclic amines) is 2. The predicted octanol–water partition coefficient (Wildman–Crippen LogP) is 8.72. The van der Waals surface area contributed by atoms with Gasteiger partial charge in [-0.15, -0.1) is 6.42 Å². The van der Waals surface area contributed by atoms with Gasteiger partial charge in [-0.3, -0.25) is 39.4 Å². The van der Waals surface area contributed by atoms with Crippen molar-refractivity contribution in [3.63, 3.8) is 0 Å². The topological polar surface area (TPSA) is 215 Å². The summed E-state index contributed by atoms with van der Waals surface area (Å²) in [5.41, 5.74) is 2.47. The van der Waals surface area contributed by atoms with Gasteiger partial charge >= 0.3 is 6.01 Å². The van der Waals surface area contributed by atoms with Crippen molar-refractivity contribution in [2.75, 3.05) is 37.6 Å². The Morgan fingerprint density at radius 2 is 1.65 bits per heavy atom. The Morgan fingerprint density at radius 1 is 0.927 bits per heavy atom. The predicted molar refractivity (Wildman–Crippen MR) is 311 cm³/mol. The number of aromatic nitrogens is 3. The minimum Gasteiger partial charge on any atom is -0.508 e. The van der Waals surface area contributed by atoms with Crippen molar-refractivity contribution >= 4 is 62.9 Å². The fourth-order valence-corrected chi connectivity index (χ4v) is 12.5. The first-order valence-corrected chi connectivity index (χ1v) is 29.1. The standard InChI is InChI=1S/C63H74F2N10O7/c1-6-45-49(64)25-22-40-30-43(76)31-47(53(40)45)55-54(65)56-48(33-67-55)58(74-34-41-23-24-42(35-74)68-41)71-62(70-56)82-52-17-15-29-73(52)28-14-12-10-8-7-9-11-13-16-51(78)69-57(63(3,4)5)61(81)75-36-44(77)32-50(75)60(80)72-59(79)39-20-18-38(19-21-39)46-26-27-66-37(46)2/h1,18-22,25,27,30-31,33,41-42,44,50,52,57,68,76-77H,7-17,23-24,26,28-29,32,34-36H2,2-5H3,(H,69,78)(H,72,79,80)/t41?,42?,44-,50+,52?,57?/m1/s1. The summed E-state index contributed by atoms with van der Waals surface area (Å²) in [6.07, 6.45) is 20.1. The molecule has 82 heavy (non-hydrogen) atoms. The number of nitrogens with zero attached hydrogens (tertiary/aromatic N) is 7. The molecule has 6 atom stereocenters. The van der Waals surface area contributed by atoms with Gasteiger partial charge in [0.2, 0.25) is 17.7 Å². The third kappa shape index (κ3) is 12.8. The fraction of sp³-hybridized carbons (Fsp3) is 0.492. The van der Waals surface area contributed by atoms with E-state index in [4.69, 9.17) is 21.1 Å². The van der Waals surface area contributed by atoms with Gasteiger partial charge in [0.1, 0.15) is 40.7 Å². The van der Waals surface area contributed by atoms with Gasteiger partial charge in [0.05, 0.1) is 17.1 Å². The lowest BCUT2D eigenvalue weighted by Crippen LogP contribution is -2.58. The SMILES string of the molecule is C#Cc1c(F)ccc2cc(O)cc(-c3ncc4c(N5CC6CCC(C5)N6)nc(OC5CCCN5CCCCCCCCCCC(=O)NC(C(=O)N5C[C@H](O)C[C@H]5C(=O)NC(=O)c5ccc(C6=C(C)N=CC6)cc5)C(C)(C)C)nc4c3F)c12. The number of allylic oxidation sites excluding steroid dienone is 2. The number of halogens is 2. The van der Waals surface area contributed by atoms with Crippen LogP contribution in [0.15, 0.2) is 65.4 Å². The minimum absolute atomic E-state index is 0.0103. The molecule has 5 N–H and O–H groups in total.